The van der Waals surface area contributed by atoms with Crippen molar-refractivity contribution >= 4 is 8.32 Å². The Morgan fingerprint density at radius 1 is 1.31 bits per heavy atom. The van der Waals surface area contributed by atoms with Crippen LogP contribution in [0.1, 0.15) is 33.9 Å². The van der Waals surface area contributed by atoms with E-state index in [0.29, 0.717) is 0 Å². The van der Waals surface area contributed by atoms with E-state index < -0.39 is 50.7 Å². The highest BCUT2D eigenvalue weighted by Gasteiger charge is 2.56. The van der Waals surface area contributed by atoms with E-state index in [2.05, 4.69) is 38.8 Å². The van der Waals surface area contributed by atoms with Gasteiger partial charge in [-0.3, -0.25) is 14.3 Å². The number of aliphatic hydroxyl groups is 2. The molecule has 2 heterocycles. The minimum atomic E-state index is -2.23. The van der Waals surface area contributed by atoms with E-state index in [-0.39, 0.29) is 11.0 Å². The first kappa shape index (κ1) is 21.0. The summed E-state index contributed by atoms with van der Waals surface area (Å²) >= 11 is 0. The van der Waals surface area contributed by atoms with Crippen LogP contribution in [0.2, 0.25) is 18.1 Å². The number of nitrogens with zero attached hydrogens (tertiary/aromatic N) is 1. The van der Waals surface area contributed by atoms with Crippen molar-refractivity contribution < 1.29 is 19.4 Å². The van der Waals surface area contributed by atoms with Crippen LogP contribution in [0.4, 0.5) is 0 Å². The molecule has 0 bridgehead atoms. The monoisotopic (exact) mass is 386 g/mol. The zero-order valence-corrected chi connectivity index (χ0v) is 17.3. The Labute approximate surface area is 153 Å². The van der Waals surface area contributed by atoms with E-state index in [9.17, 15) is 19.8 Å². The molecule has 0 spiro atoms. The average molecular weight is 387 g/mol. The zero-order valence-electron chi connectivity index (χ0n) is 16.3. The smallest absolute Gasteiger partial charge is 0.330 e. The molecule has 8 nitrogen and oxygen atoms in total. The standard InChI is InChI=1S/C17H30N2O6Si/c1-11-13(25-26(5,6)16(2,3)4)14(24-17(11,9-20)10-21)19-8-7-12(22)18-15(19)23/h7-8,11,13-14,20-21H,9-10H2,1-6H3,(H,18,22,23)/t11-,13+,14+/m0/s1. The number of ether oxygens (including phenoxy) is 1. The van der Waals surface area contributed by atoms with Crippen LogP contribution in [-0.4, -0.2) is 53.0 Å². The second-order valence-electron chi connectivity index (χ2n) is 8.54. The maximum absolute atomic E-state index is 12.3. The van der Waals surface area contributed by atoms with Gasteiger partial charge in [0, 0.05) is 18.2 Å². The summed E-state index contributed by atoms with van der Waals surface area (Å²) in [6.07, 6.45) is -0.0626. The molecule has 1 fully saturated rings. The van der Waals surface area contributed by atoms with E-state index in [1.807, 2.05) is 6.92 Å². The van der Waals surface area contributed by atoms with Gasteiger partial charge in [-0.05, 0) is 18.1 Å². The Balaban J connectivity index is 2.52. The van der Waals surface area contributed by atoms with Crippen molar-refractivity contribution in [3.8, 4) is 0 Å². The molecule has 1 aromatic rings. The molecule has 0 saturated carbocycles. The molecule has 1 aliphatic heterocycles. The van der Waals surface area contributed by atoms with Crippen molar-refractivity contribution in [2.75, 3.05) is 13.2 Å². The SMILES string of the molecule is C[C@H]1[C@@H](O[Si](C)(C)C(C)(C)C)[C@H](n2ccc(=O)[nH]c2=O)OC1(CO)CO. The number of hydrogen-bond acceptors (Lipinski definition) is 6. The van der Waals surface area contributed by atoms with Crippen LogP contribution in [0, 0.1) is 5.92 Å². The molecule has 1 aromatic heterocycles. The number of H-pyrrole nitrogens is 1. The first-order valence-electron chi connectivity index (χ1n) is 8.77. The molecule has 3 N–H and O–H groups in total. The molecule has 0 aromatic carbocycles. The third-order valence-electron chi connectivity index (χ3n) is 5.86. The highest BCUT2D eigenvalue weighted by Crippen LogP contribution is 2.46. The Bertz CT molecular complexity index is 747. The van der Waals surface area contributed by atoms with Gasteiger partial charge in [-0.2, -0.15) is 0 Å². The summed E-state index contributed by atoms with van der Waals surface area (Å²) in [5.41, 5.74) is -2.35. The summed E-state index contributed by atoms with van der Waals surface area (Å²) < 4.78 is 13.8. The molecule has 1 aliphatic rings. The van der Waals surface area contributed by atoms with Crippen molar-refractivity contribution in [2.24, 2.45) is 5.92 Å². The van der Waals surface area contributed by atoms with Gasteiger partial charge < -0.3 is 19.4 Å². The molecule has 3 atom stereocenters. The topological polar surface area (TPSA) is 114 Å². The summed E-state index contributed by atoms with van der Waals surface area (Å²) in [4.78, 5) is 25.9. The van der Waals surface area contributed by atoms with Crippen LogP contribution >= 0.6 is 0 Å². The van der Waals surface area contributed by atoms with Crippen LogP contribution < -0.4 is 11.2 Å². The molecule has 0 radical (unpaired) electrons. The van der Waals surface area contributed by atoms with Crippen LogP contribution in [-0.2, 0) is 9.16 Å². The highest BCUT2D eigenvalue weighted by molar-refractivity contribution is 6.74. The van der Waals surface area contributed by atoms with Gasteiger partial charge in [0.15, 0.2) is 14.5 Å². The summed E-state index contributed by atoms with van der Waals surface area (Å²) in [7, 11) is -2.23. The first-order chi connectivity index (χ1) is 11.9. The van der Waals surface area contributed by atoms with Gasteiger partial charge in [0.2, 0.25) is 0 Å². The molecule has 0 amide bonds. The maximum atomic E-state index is 12.3. The number of hydrogen-bond donors (Lipinski definition) is 3. The molecule has 1 saturated heterocycles. The van der Waals surface area contributed by atoms with Gasteiger partial charge in [0.1, 0.15) is 5.60 Å². The fraction of sp³-hybridized carbons (Fsp3) is 0.765. The van der Waals surface area contributed by atoms with Gasteiger partial charge in [0.05, 0.1) is 19.3 Å². The molecule has 9 heteroatoms. The first-order valence-corrected chi connectivity index (χ1v) is 11.7. The van der Waals surface area contributed by atoms with Crippen LogP contribution in [0.25, 0.3) is 0 Å². The lowest BCUT2D eigenvalue weighted by atomic mass is 9.88. The number of aliphatic hydroxyl groups excluding tert-OH is 2. The van der Waals surface area contributed by atoms with E-state index in [4.69, 9.17) is 9.16 Å². The van der Waals surface area contributed by atoms with Crippen molar-refractivity contribution in [1.82, 2.24) is 9.55 Å². The Hall–Kier alpha value is -1.26. The molecule has 26 heavy (non-hydrogen) atoms. The quantitative estimate of drug-likeness (QED) is 0.646. The molecule has 148 valence electrons. The van der Waals surface area contributed by atoms with Gasteiger partial charge in [0.25, 0.3) is 5.56 Å². The fourth-order valence-corrected chi connectivity index (χ4v) is 4.25. The number of rotatable bonds is 5. The third kappa shape index (κ3) is 3.59. The largest absolute Gasteiger partial charge is 0.409 e. The summed E-state index contributed by atoms with van der Waals surface area (Å²) in [5, 5.41) is 19.7. The zero-order chi connectivity index (χ0) is 19.9. The minimum absolute atomic E-state index is 0.0725. The maximum Gasteiger partial charge on any atom is 0.330 e. The van der Waals surface area contributed by atoms with Gasteiger partial charge >= 0.3 is 5.69 Å². The highest BCUT2D eigenvalue weighted by atomic mass is 28.4. The molecule has 2 rings (SSSR count). The lowest BCUT2D eigenvalue weighted by Crippen LogP contribution is -2.49. The Morgan fingerprint density at radius 3 is 2.35 bits per heavy atom. The van der Waals surface area contributed by atoms with Gasteiger partial charge in [-0.25, -0.2) is 4.79 Å². The van der Waals surface area contributed by atoms with E-state index in [1.165, 1.54) is 16.8 Å². The summed E-state index contributed by atoms with van der Waals surface area (Å²) in [6, 6.07) is 1.23. The van der Waals surface area contributed by atoms with Crippen molar-refractivity contribution in [1.29, 1.82) is 0 Å². The molecule has 0 aliphatic carbocycles. The third-order valence-corrected chi connectivity index (χ3v) is 10.3. The average Bonchev–Trinajstić information content (AvgIpc) is 2.79. The van der Waals surface area contributed by atoms with Crippen LogP contribution in [0.15, 0.2) is 21.9 Å². The number of aromatic amines is 1. The second-order valence-corrected chi connectivity index (χ2v) is 13.3. The van der Waals surface area contributed by atoms with E-state index in [1.54, 1.807) is 0 Å². The van der Waals surface area contributed by atoms with Gasteiger partial charge in [-0.15, -0.1) is 0 Å². The molecular formula is C17H30N2O6Si. The molecular weight excluding hydrogens is 356 g/mol. The van der Waals surface area contributed by atoms with E-state index in [0.717, 1.165) is 0 Å². The Morgan fingerprint density at radius 2 is 1.88 bits per heavy atom. The molecule has 0 unspecified atom stereocenters. The van der Waals surface area contributed by atoms with Crippen LogP contribution in [0.3, 0.4) is 0 Å². The summed E-state index contributed by atoms with van der Waals surface area (Å²) in [6.45, 7) is 11.5. The van der Waals surface area contributed by atoms with Crippen molar-refractivity contribution in [3.63, 3.8) is 0 Å². The summed E-state index contributed by atoms with van der Waals surface area (Å²) in [5.74, 6) is -0.365. The van der Waals surface area contributed by atoms with Crippen LogP contribution in [0.5, 0.6) is 0 Å². The lowest BCUT2D eigenvalue weighted by Gasteiger charge is -2.40. The second kappa shape index (κ2) is 7.04. The van der Waals surface area contributed by atoms with E-state index >= 15 is 0 Å². The van der Waals surface area contributed by atoms with Crippen molar-refractivity contribution in [2.45, 2.75) is 63.8 Å². The fourth-order valence-electron chi connectivity index (χ4n) is 2.89. The van der Waals surface area contributed by atoms with Crippen molar-refractivity contribution in [3.05, 3.63) is 33.1 Å². The normalized spacial score (nSPS) is 26.2. The predicted molar refractivity (Wildman–Crippen MR) is 99.6 cm³/mol. The van der Waals surface area contributed by atoms with Gasteiger partial charge in [-0.1, -0.05) is 27.7 Å². The minimum Gasteiger partial charge on any atom is -0.409 e. The number of aromatic nitrogens is 2. The predicted octanol–water partition coefficient (Wildman–Crippen LogP) is 0.815. The number of nitrogens with one attached hydrogen (secondary N) is 1. The Kier molecular flexibility index (Phi) is 5.70. The lowest BCUT2D eigenvalue weighted by molar-refractivity contribution is -0.137.